The second-order valence-corrected chi connectivity index (χ2v) is 8.57. The second-order valence-electron chi connectivity index (χ2n) is 5.29. The van der Waals surface area contributed by atoms with Crippen molar-refractivity contribution in [1.82, 2.24) is 4.31 Å². The van der Waals surface area contributed by atoms with Gasteiger partial charge in [-0.1, -0.05) is 6.92 Å². The third-order valence-electron chi connectivity index (χ3n) is 3.64. The van der Waals surface area contributed by atoms with Gasteiger partial charge in [0.1, 0.15) is 4.21 Å². The lowest BCUT2D eigenvalue weighted by Crippen LogP contribution is -2.43. The van der Waals surface area contributed by atoms with Crippen LogP contribution < -0.4 is 0 Å². The van der Waals surface area contributed by atoms with Gasteiger partial charge in [0, 0.05) is 30.5 Å². The standard InChI is InChI=1S/C13H21NO3S2/c1-10-5-7-14(11(2)9-10)19(16,17)13-4-3-12(18-13)6-8-15/h3-4,10-11,15H,5-9H2,1-2H3. The molecule has 1 aromatic heterocycles. The molecule has 0 saturated carbocycles. The normalized spacial score (nSPS) is 25.6. The molecular formula is C13H21NO3S2. The highest BCUT2D eigenvalue weighted by molar-refractivity contribution is 7.91. The van der Waals surface area contributed by atoms with Gasteiger partial charge >= 0.3 is 0 Å². The molecule has 4 nitrogen and oxygen atoms in total. The summed E-state index contributed by atoms with van der Waals surface area (Å²) in [5.41, 5.74) is 0. The van der Waals surface area contributed by atoms with Crippen LogP contribution in [-0.4, -0.2) is 37.0 Å². The maximum Gasteiger partial charge on any atom is 0.252 e. The lowest BCUT2D eigenvalue weighted by molar-refractivity contribution is 0.220. The Morgan fingerprint density at radius 1 is 1.42 bits per heavy atom. The van der Waals surface area contributed by atoms with Crippen molar-refractivity contribution in [2.75, 3.05) is 13.2 Å². The topological polar surface area (TPSA) is 57.6 Å². The van der Waals surface area contributed by atoms with Gasteiger partial charge in [0.2, 0.25) is 0 Å². The van der Waals surface area contributed by atoms with Crippen molar-refractivity contribution in [3.8, 4) is 0 Å². The minimum atomic E-state index is -3.36. The SMILES string of the molecule is CC1CCN(S(=O)(=O)c2ccc(CCO)s2)C(C)C1. The molecule has 0 bridgehead atoms. The molecule has 1 aromatic rings. The predicted molar refractivity (Wildman–Crippen MR) is 76.9 cm³/mol. The molecule has 2 unspecified atom stereocenters. The summed E-state index contributed by atoms with van der Waals surface area (Å²) in [7, 11) is -3.36. The number of hydrogen-bond acceptors (Lipinski definition) is 4. The number of piperidine rings is 1. The molecule has 6 heteroatoms. The lowest BCUT2D eigenvalue weighted by Gasteiger charge is -2.35. The Labute approximate surface area is 119 Å². The number of aliphatic hydroxyl groups is 1. The molecule has 1 N–H and O–H groups in total. The Hall–Kier alpha value is -0.430. The summed E-state index contributed by atoms with van der Waals surface area (Å²) in [5, 5.41) is 8.90. The molecule has 2 atom stereocenters. The van der Waals surface area contributed by atoms with Crippen molar-refractivity contribution in [1.29, 1.82) is 0 Å². The number of rotatable bonds is 4. The third-order valence-corrected chi connectivity index (χ3v) is 7.26. The van der Waals surface area contributed by atoms with Crippen LogP contribution in [0.1, 0.15) is 31.6 Å². The Morgan fingerprint density at radius 3 is 2.79 bits per heavy atom. The van der Waals surface area contributed by atoms with E-state index < -0.39 is 10.0 Å². The first-order valence-electron chi connectivity index (χ1n) is 6.66. The number of aliphatic hydroxyl groups excluding tert-OH is 1. The van der Waals surface area contributed by atoms with Crippen LogP contribution in [0.15, 0.2) is 16.3 Å². The fourth-order valence-corrected chi connectivity index (χ4v) is 5.73. The molecule has 0 radical (unpaired) electrons. The molecule has 2 heterocycles. The van der Waals surface area contributed by atoms with Crippen molar-refractivity contribution in [2.45, 2.75) is 43.4 Å². The molecule has 1 saturated heterocycles. The van der Waals surface area contributed by atoms with Crippen molar-refractivity contribution >= 4 is 21.4 Å². The van der Waals surface area contributed by atoms with Crippen LogP contribution in [0.2, 0.25) is 0 Å². The summed E-state index contributed by atoms with van der Waals surface area (Å²) >= 11 is 1.27. The lowest BCUT2D eigenvalue weighted by atomic mass is 9.95. The van der Waals surface area contributed by atoms with Gasteiger partial charge in [-0.25, -0.2) is 8.42 Å². The van der Waals surface area contributed by atoms with Crippen LogP contribution >= 0.6 is 11.3 Å². The zero-order chi connectivity index (χ0) is 14.0. The summed E-state index contributed by atoms with van der Waals surface area (Å²) in [5.74, 6) is 0.592. The zero-order valence-corrected chi connectivity index (χ0v) is 13.0. The first-order chi connectivity index (χ1) is 8.95. The Balaban J connectivity index is 2.21. The van der Waals surface area contributed by atoms with Crippen LogP contribution in [0.3, 0.4) is 0 Å². The van der Waals surface area contributed by atoms with E-state index in [-0.39, 0.29) is 12.6 Å². The summed E-state index contributed by atoms with van der Waals surface area (Å²) in [6.45, 7) is 4.82. The molecular weight excluding hydrogens is 282 g/mol. The average Bonchev–Trinajstić information content (AvgIpc) is 2.78. The highest BCUT2D eigenvalue weighted by Crippen LogP contribution is 2.31. The number of thiophene rings is 1. The van der Waals surface area contributed by atoms with Gasteiger partial charge in [-0.3, -0.25) is 0 Å². The molecule has 108 valence electrons. The monoisotopic (exact) mass is 303 g/mol. The first kappa shape index (κ1) is 15.0. The average molecular weight is 303 g/mol. The molecule has 0 amide bonds. The summed E-state index contributed by atoms with van der Waals surface area (Å²) in [6, 6.07) is 3.53. The van der Waals surface area contributed by atoms with Crippen LogP contribution in [0, 0.1) is 5.92 Å². The van der Waals surface area contributed by atoms with E-state index in [1.807, 2.05) is 6.92 Å². The van der Waals surface area contributed by atoms with Gasteiger partial charge in [-0.15, -0.1) is 11.3 Å². The van der Waals surface area contributed by atoms with Crippen LogP contribution in [0.5, 0.6) is 0 Å². The van der Waals surface area contributed by atoms with E-state index in [9.17, 15) is 8.42 Å². The third kappa shape index (κ3) is 3.18. The van der Waals surface area contributed by atoms with E-state index in [1.54, 1.807) is 16.4 Å². The minimum Gasteiger partial charge on any atom is -0.396 e. The van der Waals surface area contributed by atoms with Crippen LogP contribution in [-0.2, 0) is 16.4 Å². The number of hydrogen-bond donors (Lipinski definition) is 1. The van der Waals surface area contributed by atoms with Gasteiger partial charge < -0.3 is 5.11 Å². The van der Waals surface area contributed by atoms with Crippen LogP contribution in [0.25, 0.3) is 0 Å². The van der Waals surface area contributed by atoms with Crippen LogP contribution in [0.4, 0.5) is 0 Å². The van der Waals surface area contributed by atoms with Gasteiger partial charge in [-0.05, 0) is 37.8 Å². The van der Waals surface area contributed by atoms with E-state index in [1.165, 1.54) is 11.3 Å². The molecule has 0 spiro atoms. The molecule has 1 aliphatic heterocycles. The Morgan fingerprint density at radius 2 is 2.16 bits per heavy atom. The number of sulfonamides is 1. The van der Waals surface area contributed by atoms with E-state index in [4.69, 9.17) is 5.11 Å². The summed E-state index contributed by atoms with van der Waals surface area (Å²) < 4.78 is 27.2. The smallest absolute Gasteiger partial charge is 0.252 e. The first-order valence-corrected chi connectivity index (χ1v) is 8.92. The fraction of sp³-hybridized carbons (Fsp3) is 0.692. The van der Waals surface area contributed by atoms with Gasteiger partial charge in [0.05, 0.1) is 0 Å². The quantitative estimate of drug-likeness (QED) is 0.926. The maximum atomic E-state index is 12.6. The summed E-state index contributed by atoms with van der Waals surface area (Å²) in [6.07, 6.45) is 2.37. The minimum absolute atomic E-state index is 0.0532. The zero-order valence-electron chi connectivity index (χ0n) is 11.4. The van der Waals surface area contributed by atoms with Crippen molar-refractivity contribution in [2.24, 2.45) is 5.92 Å². The molecule has 1 aliphatic rings. The maximum absolute atomic E-state index is 12.6. The molecule has 2 rings (SSSR count). The molecule has 19 heavy (non-hydrogen) atoms. The molecule has 0 aromatic carbocycles. The fourth-order valence-electron chi connectivity index (χ4n) is 2.60. The van der Waals surface area contributed by atoms with E-state index in [0.29, 0.717) is 23.1 Å². The summed E-state index contributed by atoms with van der Waals surface area (Å²) in [4.78, 5) is 0.916. The Kier molecular flexibility index (Phi) is 4.66. The van der Waals surface area contributed by atoms with E-state index in [0.717, 1.165) is 17.7 Å². The number of nitrogens with zero attached hydrogens (tertiary/aromatic N) is 1. The predicted octanol–water partition coefficient (Wildman–Crippen LogP) is 2.09. The largest absolute Gasteiger partial charge is 0.396 e. The van der Waals surface area contributed by atoms with Crippen molar-refractivity contribution in [3.63, 3.8) is 0 Å². The highest BCUT2D eigenvalue weighted by Gasteiger charge is 2.33. The molecule has 1 fully saturated rings. The second kappa shape index (κ2) is 5.91. The Bertz CT molecular complexity index is 524. The van der Waals surface area contributed by atoms with Gasteiger partial charge in [-0.2, -0.15) is 4.31 Å². The van der Waals surface area contributed by atoms with E-state index in [2.05, 4.69) is 6.92 Å². The molecule has 0 aliphatic carbocycles. The van der Waals surface area contributed by atoms with Gasteiger partial charge in [0.15, 0.2) is 0 Å². The van der Waals surface area contributed by atoms with E-state index >= 15 is 0 Å². The van der Waals surface area contributed by atoms with Crippen molar-refractivity contribution < 1.29 is 13.5 Å². The van der Waals surface area contributed by atoms with Crippen molar-refractivity contribution in [3.05, 3.63) is 17.0 Å². The highest BCUT2D eigenvalue weighted by atomic mass is 32.2. The van der Waals surface area contributed by atoms with Gasteiger partial charge in [0.25, 0.3) is 10.0 Å².